The Hall–Kier alpha value is -1.83. The van der Waals surface area contributed by atoms with Gasteiger partial charge in [-0.25, -0.2) is 4.98 Å². The van der Waals surface area contributed by atoms with Crippen LogP contribution in [0.5, 0.6) is 0 Å². The van der Waals surface area contributed by atoms with Crippen molar-refractivity contribution in [1.29, 1.82) is 0 Å². The highest BCUT2D eigenvalue weighted by Crippen LogP contribution is 2.31. The molecule has 0 saturated carbocycles. The van der Waals surface area contributed by atoms with Crippen molar-refractivity contribution >= 4 is 33.4 Å². The second-order valence-electron chi connectivity index (χ2n) is 4.10. The first-order valence-electron chi connectivity index (χ1n) is 5.50. The van der Waals surface area contributed by atoms with Crippen molar-refractivity contribution in [3.63, 3.8) is 0 Å². The molecular weight excluding hydrogens is 337 g/mol. The first kappa shape index (κ1) is 14.6. The van der Waals surface area contributed by atoms with E-state index in [1.165, 1.54) is 0 Å². The third kappa shape index (κ3) is 3.38. The number of alkyl halides is 3. The number of rotatable bonds is 2. The molecule has 0 fully saturated rings. The molecule has 0 amide bonds. The Morgan fingerprint density at radius 3 is 2.55 bits per heavy atom. The fraction of sp³-hybridized carbons (Fsp3) is 0.167. The average Bonchev–Trinajstić information content (AvgIpc) is 2.32. The van der Waals surface area contributed by atoms with Gasteiger partial charge < -0.3 is 11.1 Å². The normalized spacial score (nSPS) is 11.4. The molecule has 0 unspecified atom stereocenters. The molecule has 0 radical (unpaired) electrons. The molecule has 0 spiro atoms. The molecular formula is C12H10BrF3N4. The molecule has 3 N–H and O–H groups in total. The van der Waals surface area contributed by atoms with Gasteiger partial charge in [0.25, 0.3) is 0 Å². The predicted octanol–water partition coefficient (Wildman–Crippen LogP) is 3.89. The van der Waals surface area contributed by atoms with E-state index in [0.717, 1.165) is 11.6 Å². The number of hydrogen-bond donors (Lipinski definition) is 2. The fourth-order valence-electron chi connectivity index (χ4n) is 1.55. The van der Waals surface area contributed by atoms with Gasteiger partial charge in [0.2, 0.25) is 5.95 Å². The number of hydrogen-bond acceptors (Lipinski definition) is 4. The van der Waals surface area contributed by atoms with E-state index in [0.29, 0.717) is 10.2 Å². The van der Waals surface area contributed by atoms with E-state index in [1.807, 2.05) is 13.0 Å². The first-order chi connectivity index (χ1) is 9.25. The van der Waals surface area contributed by atoms with E-state index in [4.69, 9.17) is 5.73 Å². The summed E-state index contributed by atoms with van der Waals surface area (Å²) in [5.74, 6) is -0.456. The lowest BCUT2D eigenvalue weighted by molar-refractivity contribution is -0.141. The summed E-state index contributed by atoms with van der Waals surface area (Å²) in [6.45, 7) is 1.87. The van der Waals surface area contributed by atoms with Crippen molar-refractivity contribution in [1.82, 2.24) is 9.97 Å². The van der Waals surface area contributed by atoms with Crippen molar-refractivity contribution in [2.75, 3.05) is 11.1 Å². The molecule has 4 nitrogen and oxygen atoms in total. The van der Waals surface area contributed by atoms with Crippen LogP contribution < -0.4 is 11.1 Å². The third-order valence-electron chi connectivity index (χ3n) is 2.42. The molecule has 0 aliphatic rings. The van der Waals surface area contributed by atoms with Crippen molar-refractivity contribution in [2.45, 2.75) is 13.1 Å². The van der Waals surface area contributed by atoms with Gasteiger partial charge in [0.1, 0.15) is 5.82 Å². The highest BCUT2D eigenvalue weighted by molar-refractivity contribution is 9.10. The lowest BCUT2D eigenvalue weighted by Crippen LogP contribution is -2.12. The summed E-state index contributed by atoms with van der Waals surface area (Å²) in [4.78, 5) is 6.92. The second-order valence-corrected chi connectivity index (χ2v) is 4.96. The largest absolute Gasteiger partial charge is 0.433 e. The minimum atomic E-state index is -4.57. The molecule has 0 bridgehead atoms. The smallest absolute Gasteiger partial charge is 0.368 e. The van der Waals surface area contributed by atoms with E-state index >= 15 is 0 Å². The van der Waals surface area contributed by atoms with Crippen LogP contribution in [0, 0.1) is 6.92 Å². The number of nitrogen functional groups attached to an aromatic ring is 1. The summed E-state index contributed by atoms with van der Waals surface area (Å²) >= 11 is 3.31. The Kier molecular flexibility index (Phi) is 3.85. The molecule has 106 valence electrons. The minimum absolute atomic E-state index is 0.0175. The summed E-state index contributed by atoms with van der Waals surface area (Å²) in [6, 6.07) is 6.23. The van der Waals surface area contributed by atoms with Crippen LogP contribution in [-0.2, 0) is 6.18 Å². The molecule has 0 saturated heterocycles. The van der Waals surface area contributed by atoms with Gasteiger partial charge in [-0.3, -0.25) is 0 Å². The van der Waals surface area contributed by atoms with E-state index < -0.39 is 17.8 Å². The lowest BCUT2D eigenvalue weighted by atomic mass is 10.2. The van der Waals surface area contributed by atoms with Crippen molar-refractivity contribution < 1.29 is 13.2 Å². The van der Waals surface area contributed by atoms with Crippen LogP contribution in [0.1, 0.15) is 11.3 Å². The second kappa shape index (κ2) is 5.28. The van der Waals surface area contributed by atoms with Crippen LogP contribution in [-0.4, -0.2) is 9.97 Å². The van der Waals surface area contributed by atoms with E-state index in [1.54, 1.807) is 12.1 Å². The number of halogens is 4. The topological polar surface area (TPSA) is 63.8 Å². The number of nitrogens with zero attached hydrogens (tertiary/aromatic N) is 2. The lowest BCUT2D eigenvalue weighted by Gasteiger charge is -2.11. The Morgan fingerprint density at radius 1 is 1.20 bits per heavy atom. The number of aromatic nitrogens is 2. The Balaban J connectivity index is 2.39. The standard InChI is InChI=1S/C12H10BrF3N4/c1-6-2-3-7(13)8(4-6)18-10-5-9(12(14,15)16)19-11(17)20-10/h2-5H,1H3,(H3,17,18,19,20). The molecule has 1 heterocycles. The highest BCUT2D eigenvalue weighted by atomic mass is 79.9. The highest BCUT2D eigenvalue weighted by Gasteiger charge is 2.33. The first-order valence-corrected chi connectivity index (χ1v) is 6.30. The molecule has 1 aromatic heterocycles. The van der Waals surface area contributed by atoms with Gasteiger partial charge in [-0.15, -0.1) is 0 Å². The Bertz CT molecular complexity index is 643. The van der Waals surface area contributed by atoms with Crippen LogP contribution in [0.2, 0.25) is 0 Å². The van der Waals surface area contributed by atoms with Crippen molar-refractivity contribution in [3.8, 4) is 0 Å². The van der Waals surface area contributed by atoms with Crippen LogP contribution in [0.3, 0.4) is 0 Å². The zero-order valence-corrected chi connectivity index (χ0v) is 11.9. The van der Waals surface area contributed by atoms with Crippen LogP contribution in [0.25, 0.3) is 0 Å². The van der Waals surface area contributed by atoms with Crippen molar-refractivity contribution in [2.24, 2.45) is 0 Å². The van der Waals surface area contributed by atoms with Crippen LogP contribution >= 0.6 is 15.9 Å². The third-order valence-corrected chi connectivity index (χ3v) is 3.11. The Labute approximate surface area is 121 Å². The van der Waals surface area contributed by atoms with Gasteiger partial charge in [-0.1, -0.05) is 6.07 Å². The van der Waals surface area contributed by atoms with Crippen LogP contribution in [0.4, 0.5) is 30.6 Å². The number of nitrogens with one attached hydrogen (secondary N) is 1. The van der Waals surface area contributed by atoms with E-state index in [9.17, 15) is 13.2 Å². The van der Waals surface area contributed by atoms with Crippen molar-refractivity contribution in [3.05, 3.63) is 40.0 Å². The summed E-state index contributed by atoms with van der Waals surface area (Å²) in [5.41, 5.74) is 5.76. The molecule has 2 rings (SSSR count). The molecule has 0 aliphatic heterocycles. The maximum absolute atomic E-state index is 12.6. The molecule has 0 aliphatic carbocycles. The SMILES string of the molecule is Cc1ccc(Br)c(Nc2cc(C(F)(F)F)nc(N)n2)c1. The fourth-order valence-corrected chi connectivity index (χ4v) is 1.89. The Morgan fingerprint density at radius 2 is 1.90 bits per heavy atom. The summed E-state index contributed by atoms with van der Waals surface area (Å²) in [5, 5.41) is 2.79. The summed E-state index contributed by atoms with van der Waals surface area (Å²) in [6.07, 6.45) is -4.57. The quantitative estimate of drug-likeness (QED) is 0.865. The van der Waals surface area contributed by atoms with E-state index in [-0.39, 0.29) is 5.82 Å². The number of aryl methyl sites for hydroxylation is 1. The maximum Gasteiger partial charge on any atom is 0.433 e. The van der Waals surface area contributed by atoms with Crippen LogP contribution in [0.15, 0.2) is 28.7 Å². The van der Waals surface area contributed by atoms with Gasteiger partial charge in [-0.2, -0.15) is 18.2 Å². The zero-order valence-electron chi connectivity index (χ0n) is 10.3. The minimum Gasteiger partial charge on any atom is -0.368 e. The monoisotopic (exact) mass is 346 g/mol. The number of anilines is 3. The van der Waals surface area contributed by atoms with E-state index in [2.05, 4.69) is 31.2 Å². The van der Waals surface area contributed by atoms with Gasteiger partial charge in [0.05, 0.1) is 5.69 Å². The predicted molar refractivity (Wildman–Crippen MR) is 73.6 cm³/mol. The maximum atomic E-state index is 12.6. The number of benzene rings is 1. The molecule has 2 aromatic rings. The zero-order chi connectivity index (χ0) is 14.9. The molecule has 8 heteroatoms. The summed E-state index contributed by atoms with van der Waals surface area (Å²) in [7, 11) is 0. The van der Waals surface area contributed by atoms with Gasteiger partial charge in [-0.05, 0) is 40.5 Å². The average molecular weight is 347 g/mol. The molecule has 0 atom stereocenters. The summed E-state index contributed by atoms with van der Waals surface area (Å²) < 4.78 is 38.6. The van der Waals surface area contributed by atoms with Gasteiger partial charge in [0, 0.05) is 10.5 Å². The van der Waals surface area contributed by atoms with Gasteiger partial charge in [0.15, 0.2) is 5.69 Å². The molecule has 1 aromatic carbocycles. The molecule has 20 heavy (non-hydrogen) atoms. The number of nitrogens with two attached hydrogens (primary N) is 1. The van der Waals surface area contributed by atoms with Gasteiger partial charge >= 0.3 is 6.18 Å².